The predicted molar refractivity (Wildman–Crippen MR) is 80.5 cm³/mol. The van der Waals surface area contributed by atoms with Crippen molar-refractivity contribution in [1.29, 1.82) is 0 Å². The number of hydrogen-bond donors (Lipinski definition) is 1. The van der Waals surface area contributed by atoms with Gasteiger partial charge in [0.05, 0.1) is 6.61 Å². The summed E-state index contributed by atoms with van der Waals surface area (Å²) in [4.78, 5) is 2.63. The first-order valence-corrected chi connectivity index (χ1v) is 8.31. The molecule has 1 N–H and O–H groups in total. The van der Waals surface area contributed by atoms with Gasteiger partial charge in [-0.05, 0) is 45.2 Å². The largest absolute Gasteiger partial charge is 0.381 e. The molecule has 0 radical (unpaired) electrons. The third-order valence-corrected chi connectivity index (χ3v) is 4.58. The van der Waals surface area contributed by atoms with Crippen molar-refractivity contribution in [2.75, 3.05) is 39.4 Å². The molecule has 0 spiro atoms. The molecule has 1 aliphatic heterocycles. The van der Waals surface area contributed by atoms with Gasteiger partial charge in [-0.3, -0.25) is 0 Å². The van der Waals surface area contributed by atoms with Crippen LogP contribution >= 0.6 is 0 Å². The Bertz CT molecular complexity index is 247. The van der Waals surface area contributed by atoms with Gasteiger partial charge in [-0.25, -0.2) is 0 Å². The standard InChI is InChI=1S/C16H32N2O/c1-3-5-10-18(4-2)13-16(9-6-11-19-14-16)12-17-15-7-8-15/h15,17H,3-14H2,1-2H3. The second-order valence-corrected chi connectivity index (χ2v) is 6.53. The van der Waals surface area contributed by atoms with E-state index >= 15 is 0 Å². The van der Waals surface area contributed by atoms with Crippen LogP contribution < -0.4 is 5.32 Å². The van der Waals surface area contributed by atoms with Crippen molar-refractivity contribution in [3.05, 3.63) is 0 Å². The lowest BCUT2D eigenvalue weighted by Crippen LogP contribution is -2.49. The summed E-state index contributed by atoms with van der Waals surface area (Å²) in [5, 5.41) is 3.75. The molecule has 1 unspecified atom stereocenters. The lowest BCUT2D eigenvalue weighted by molar-refractivity contribution is -0.0258. The molecular weight excluding hydrogens is 236 g/mol. The fourth-order valence-corrected chi connectivity index (χ4v) is 3.08. The molecule has 19 heavy (non-hydrogen) atoms. The van der Waals surface area contributed by atoms with E-state index in [0.717, 1.165) is 25.8 Å². The van der Waals surface area contributed by atoms with Gasteiger partial charge >= 0.3 is 0 Å². The summed E-state index contributed by atoms with van der Waals surface area (Å²) in [6, 6.07) is 0.810. The smallest absolute Gasteiger partial charge is 0.0546 e. The Kier molecular flexibility index (Phi) is 6.11. The van der Waals surface area contributed by atoms with E-state index in [0.29, 0.717) is 5.41 Å². The molecule has 2 fully saturated rings. The van der Waals surface area contributed by atoms with Crippen LogP contribution in [0.1, 0.15) is 52.4 Å². The maximum atomic E-state index is 5.82. The molecule has 1 saturated heterocycles. The van der Waals surface area contributed by atoms with Gasteiger partial charge in [-0.2, -0.15) is 0 Å². The summed E-state index contributed by atoms with van der Waals surface area (Å²) in [6.07, 6.45) is 7.93. The zero-order valence-corrected chi connectivity index (χ0v) is 12.9. The summed E-state index contributed by atoms with van der Waals surface area (Å²) in [7, 11) is 0. The minimum atomic E-state index is 0.366. The first-order chi connectivity index (χ1) is 9.28. The fourth-order valence-electron chi connectivity index (χ4n) is 3.08. The number of unbranched alkanes of at least 4 members (excludes halogenated alkanes) is 1. The first kappa shape index (κ1) is 15.3. The Hall–Kier alpha value is -0.120. The maximum Gasteiger partial charge on any atom is 0.0546 e. The lowest BCUT2D eigenvalue weighted by atomic mass is 9.81. The highest BCUT2D eigenvalue weighted by Crippen LogP contribution is 2.31. The monoisotopic (exact) mass is 268 g/mol. The number of rotatable bonds is 9. The highest BCUT2D eigenvalue weighted by molar-refractivity contribution is 4.91. The molecule has 112 valence electrons. The van der Waals surface area contributed by atoms with Gasteiger partial charge in [0.25, 0.3) is 0 Å². The highest BCUT2D eigenvalue weighted by Gasteiger charge is 2.36. The van der Waals surface area contributed by atoms with Crippen LogP contribution in [0.3, 0.4) is 0 Å². The number of nitrogens with one attached hydrogen (secondary N) is 1. The minimum Gasteiger partial charge on any atom is -0.381 e. The van der Waals surface area contributed by atoms with Crippen molar-refractivity contribution in [1.82, 2.24) is 10.2 Å². The van der Waals surface area contributed by atoms with Crippen LogP contribution in [-0.4, -0.2) is 50.3 Å². The molecule has 3 nitrogen and oxygen atoms in total. The van der Waals surface area contributed by atoms with Gasteiger partial charge in [0, 0.05) is 31.2 Å². The van der Waals surface area contributed by atoms with Gasteiger partial charge in [0.15, 0.2) is 0 Å². The van der Waals surface area contributed by atoms with E-state index in [-0.39, 0.29) is 0 Å². The molecule has 0 aromatic rings. The SMILES string of the molecule is CCCCN(CC)CC1(CNC2CC2)CCCOC1. The molecule has 0 aromatic heterocycles. The average Bonchev–Trinajstić information content (AvgIpc) is 3.27. The average molecular weight is 268 g/mol. The number of hydrogen-bond acceptors (Lipinski definition) is 3. The Labute approximate surface area is 119 Å². The summed E-state index contributed by atoms with van der Waals surface area (Å²) in [5.74, 6) is 0. The van der Waals surface area contributed by atoms with E-state index in [1.165, 1.54) is 58.2 Å². The highest BCUT2D eigenvalue weighted by atomic mass is 16.5. The van der Waals surface area contributed by atoms with Gasteiger partial charge in [-0.1, -0.05) is 20.3 Å². The molecule has 1 atom stereocenters. The Morgan fingerprint density at radius 2 is 2.16 bits per heavy atom. The predicted octanol–water partition coefficient (Wildman–Crippen LogP) is 2.66. The number of ether oxygens (including phenoxy) is 1. The van der Waals surface area contributed by atoms with E-state index in [2.05, 4.69) is 24.1 Å². The van der Waals surface area contributed by atoms with Gasteiger partial charge in [0.2, 0.25) is 0 Å². The van der Waals surface area contributed by atoms with Crippen molar-refractivity contribution in [2.24, 2.45) is 5.41 Å². The van der Waals surface area contributed by atoms with Crippen LogP contribution in [0.25, 0.3) is 0 Å². The Morgan fingerprint density at radius 3 is 2.74 bits per heavy atom. The van der Waals surface area contributed by atoms with Crippen LogP contribution in [0.5, 0.6) is 0 Å². The quantitative estimate of drug-likeness (QED) is 0.696. The molecule has 1 heterocycles. The topological polar surface area (TPSA) is 24.5 Å². The van der Waals surface area contributed by atoms with Crippen LogP contribution in [0.4, 0.5) is 0 Å². The van der Waals surface area contributed by atoms with Gasteiger partial charge < -0.3 is 15.0 Å². The van der Waals surface area contributed by atoms with E-state index in [1.807, 2.05) is 0 Å². The summed E-state index contributed by atoms with van der Waals surface area (Å²) < 4.78 is 5.82. The van der Waals surface area contributed by atoms with Crippen LogP contribution in [-0.2, 0) is 4.74 Å². The first-order valence-electron chi connectivity index (χ1n) is 8.31. The molecule has 0 aromatic carbocycles. The van der Waals surface area contributed by atoms with E-state index in [1.54, 1.807) is 0 Å². The Balaban J connectivity index is 1.86. The maximum absolute atomic E-state index is 5.82. The molecule has 2 rings (SSSR count). The van der Waals surface area contributed by atoms with Crippen molar-refractivity contribution < 1.29 is 4.74 Å². The second kappa shape index (κ2) is 7.61. The summed E-state index contributed by atoms with van der Waals surface area (Å²) >= 11 is 0. The van der Waals surface area contributed by atoms with Gasteiger partial charge in [0.1, 0.15) is 0 Å². The molecule has 1 aliphatic carbocycles. The normalized spacial score (nSPS) is 27.9. The van der Waals surface area contributed by atoms with Crippen molar-refractivity contribution in [3.63, 3.8) is 0 Å². The molecule has 3 heteroatoms. The Morgan fingerprint density at radius 1 is 1.32 bits per heavy atom. The zero-order valence-electron chi connectivity index (χ0n) is 12.9. The third kappa shape index (κ3) is 5.05. The van der Waals surface area contributed by atoms with Crippen LogP contribution in [0, 0.1) is 5.41 Å². The second-order valence-electron chi connectivity index (χ2n) is 6.53. The van der Waals surface area contributed by atoms with Crippen molar-refractivity contribution in [3.8, 4) is 0 Å². The summed E-state index contributed by atoms with van der Waals surface area (Å²) in [5.41, 5.74) is 0.366. The molecule has 1 saturated carbocycles. The minimum absolute atomic E-state index is 0.366. The number of nitrogens with zero attached hydrogens (tertiary/aromatic N) is 1. The van der Waals surface area contributed by atoms with E-state index in [9.17, 15) is 0 Å². The van der Waals surface area contributed by atoms with Gasteiger partial charge in [-0.15, -0.1) is 0 Å². The summed E-state index contributed by atoms with van der Waals surface area (Å²) in [6.45, 7) is 11.3. The third-order valence-electron chi connectivity index (χ3n) is 4.58. The molecule has 0 amide bonds. The van der Waals surface area contributed by atoms with Crippen LogP contribution in [0.15, 0.2) is 0 Å². The zero-order chi connectivity index (χ0) is 13.6. The fraction of sp³-hybridized carbons (Fsp3) is 1.00. The van der Waals surface area contributed by atoms with E-state index in [4.69, 9.17) is 4.74 Å². The molecule has 2 aliphatic rings. The molecular formula is C16H32N2O. The van der Waals surface area contributed by atoms with Crippen molar-refractivity contribution >= 4 is 0 Å². The van der Waals surface area contributed by atoms with Crippen LogP contribution in [0.2, 0.25) is 0 Å². The molecule has 0 bridgehead atoms. The van der Waals surface area contributed by atoms with E-state index < -0.39 is 0 Å². The van der Waals surface area contributed by atoms with Crippen molar-refractivity contribution in [2.45, 2.75) is 58.4 Å². The lowest BCUT2D eigenvalue weighted by Gasteiger charge is -2.41.